The molecule has 2 aromatic heterocycles. The maximum absolute atomic E-state index is 13.5. The SMILES string of the molecule is O=C(c1cc2c([nH]c1=O)CCCC2)N(Cc1ccccn1)C1CCCNCC1. The van der Waals surface area contributed by atoms with Crippen LogP contribution in [-0.2, 0) is 19.4 Å². The Hall–Kier alpha value is -2.47. The Labute approximate surface area is 165 Å². The lowest BCUT2D eigenvalue weighted by Gasteiger charge is -2.31. The van der Waals surface area contributed by atoms with Gasteiger partial charge in [-0.25, -0.2) is 0 Å². The summed E-state index contributed by atoms with van der Waals surface area (Å²) in [5.74, 6) is -0.174. The van der Waals surface area contributed by atoms with Gasteiger partial charge in [0.15, 0.2) is 0 Å². The molecule has 3 heterocycles. The molecular formula is C22H28N4O2. The molecule has 1 unspecified atom stereocenters. The van der Waals surface area contributed by atoms with Gasteiger partial charge in [-0.1, -0.05) is 6.07 Å². The zero-order chi connectivity index (χ0) is 19.3. The molecule has 28 heavy (non-hydrogen) atoms. The molecule has 6 nitrogen and oxygen atoms in total. The van der Waals surface area contributed by atoms with Gasteiger partial charge in [0.05, 0.1) is 12.2 Å². The molecule has 2 aliphatic rings. The fraction of sp³-hybridized carbons (Fsp3) is 0.500. The maximum Gasteiger partial charge on any atom is 0.261 e. The van der Waals surface area contributed by atoms with Crippen LogP contribution in [-0.4, -0.2) is 39.9 Å². The van der Waals surface area contributed by atoms with Crippen molar-refractivity contribution >= 4 is 5.91 Å². The first-order valence-electron chi connectivity index (χ1n) is 10.4. The Morgan fingerprint density at radius 3 is 2.89 bits per heavy atom. The number of hydrogen-bond donors (Lipinski definition) is 2. The van der Waals surface area contributed by atoms with Crippen LogP contribution in [0.3, 0.4) is 0 Å². The van der Waals surface area contributed by atoms with Gasteiger partial charge in [-0.05, 0) is 81.8 Å². The van der Waals surface area contributed by atoms with E-state index in [1.807, 2.05) is 29.2 Å². The highest BCUT2D eigenvalue weighted by Gasteiger charge is 2.28. The monoisotopic (exact) mass is 380 g/mol. The molecule has 0 aromatic carbocycles. The number of rotatable bonds is 4. The molecule has 2 N–H and O–H groups in total. The van der Waals surface area contributed by atoms with Gasteiger partial charge in [0.1, 0.15) is 5.56 Å². The van der Waals surface area contributed by atoms with Crippen molar-refractivity contribution in [1.29, 1.82) is 0 Å². The van der Waals surface area contributed by atoms with Gasteiger partial charge in [0, 0.05) is 17.9 Å². The summed E-state index contributed by atoms with van der Waals surface area (Å²) in [5.41, 5.74) is 2.98. The van der Waals surface area contributed by atoms with E-state index in [1.54, 1.807) is 6.20 Å². The van der Waals surface area contributed by atoms with Crippen LogP contribution >= 0.6 is 0 Å². The average Bonchev–Trinajstić information content (AvgIpc) is 3.01. The van der Waals surface area contributed by atoms with Gasteiger partial charge in [-0.15, -0.1) is 0 Å². The van der Waals surface area contributed by atoms with Gasteiger partial charge in [0.2, 0.25) is 0 Å². The van der Waals surface area contributed by atoms with E-state index in [0.29, 0.717) is 6.54 Å². The highest BCUT2D eigenvalue weighted by atomic mass is 16.2. The van der Waals surface area contributed by atoms with Crippen molar-refractivity contribution in [3.05, 3.63) is 63.3 Å². The highest BCUT2D eigenvalue weighted by Crippen LogP contribution is 2.22. The van der Waals surface area contributed by atoms with Gasteiger partial charge >= 0.3 is 0 Å². The lowest BCUT2D eigenvalue weighted by molar-refractivity contribution is 0.0640. The number of carbonyl (C=O) groups excluding carboxylic acids is 1. The van der Waals surface area contributed by atoms with Crippen LogP contribution in [0.1, 0.15) is 59.4 Å². The molecule has 1 fully saturated rings. The fourth-order valence-electron chi connectivity index (χ4n) is 4.33. The first-order valence-corrected chi connectivity index (χ1v) is 10.4. The second kappa shape index (κ2) is 8.69. The summed E-state index contributed by atoms with van der Waals surface area (Å²) in [7, 11) is 0. The minimum atomic E-state index is -0.261. The van der Waals surface area contributed by atoms with Crippen LogP contribution in [0.4, 0.5) is 0 Å². The van der Waals surface area contributed by atoms with E-state index in [9.17, 15) is 9.59 Å². The van der Waals surface area contributed by atoms with Gasteiger partial charge < -0.3 is 15.2 Å². The molecule has 6 heteroatoms. The first-order chi connectivity index (χ1) is 13.7. The second-order valence-corrected chi connectivity index (χ2v) is 7.81. The van der Waals surface area contributed by atoms with Crippen molar-refractivity contribution < 1.29 is 4.79 Å². The first kappa shape index (κ1) is 18.9. The number of pyridine rings is 2. The van der Waals surface area contributed by atoms with E-state index in [4.69, 9.17) is 0 Å². The summed E-state index contributed by atoms with van der Waals surface area (Å²) in [6, 6.07) is 7.70. The quantitative estimate of drug-likeness (QED) is 0.854. The largest absolute Gasteiger partial charge is 0.330 e. The number of aryl methyl sites for hydroxylation is 2. The van der Waals surface area contributed by atoms with Crippen molar-refractivity contribution in [2.24, 2.45) is 0 Å². The molecule has 0 bridgehead atoms. The van der Waals surface area contributed by atoms with Gasteiger partial charge in [0.25, 0.3) is 11.5 Å². The Kier molecular flexibility index (Phi) is 5.86. The van der Waals surface area contributed by atoms with Gasteiger partial charge in [-0.3, -0.25) is 14.6 Å². The average molecular weight is 380 g/mol. The van der Waals surface area contributed by atoms with E-state index >= 15 is 0 Å². The van der Waals surface area contributed by atoms with E-state index in [0.717, 1.165) is 75.0 Å². The van der Waals surface area contributed by atoms with Crippen LogP contribution in [0, 0.1) is 0 Å². The van der Waals surface area contributed by atoms with Crippen molar-refractivity contribution in [3.8, 4) is 0 Å². The third-order valence-corrected chi connectivity index (χ3v) is 5.87. The molecule has 1 aliphatic heterocycles. The molecule has 1 amide bonds. The molecule has 0 radical (unpaired) electrons. The number of H-pyrrole nitrogens is 1. The molecule has 4 rings (SSSR count). The normalized spacial score (nSPS) is 19.5. The van der Waals surface area contributed by atoms with E-state index in [1.165, 1.54) is 0 Å². The Morgan fingerprint density at radius 2 is 2.04 bits per heavy atom. The smallest absolute Gasteiger partial charge is 0.261 e. The summed E-state index contributed by atoms with van der Waals surface area (Å²) in [4.78, 5) is 35.5. The fourth-order valence-corrected chi connectivity index (χ4v) is 4.33. The van der Waals surface area contributed by atoms with E-state index < -0.39 is 0 Å². The van der Waals surface area contributed by atoms with Crippen molar-refractivity contribution in [2.45, 2.75) is 57.5 Å². The van der Waals surface area contributed by atoms with Crippen LogP contribution < -0.4 is 10.9 Å². The molecule has 1 aliphatic carbocycles. The third-order valence-electron chi connectivity index (χ3n) is 5.87. The lowest BCUT2D eigenvalue weighted by Crippen LogP contribution is -2.42. The van der Waals surface area contributed by atoms with Crippen LogP contribution in [0.5, 0.6) is 0 Å². The minimum absolute atomic E-state index is 0.111. The van der Waals surface area contributed by atoms with Crippen LogP contribution in [0.25, 0.3) is 0 Å². The standard InChI is InChI=1S/C22H28N4O2/c27-21-19(14-16-6-1-2-9-20(16)25-21)22(28)26(15-17-7-3-4-12-24-17)18-8-5-11-23-13-10-18/h3-4,7,12,14,18,23H,1-2,5-6,8-11,13,15H2,(H,25,27). The Morgan fingerprint density at radius 1 is 1.14 bits per heavy atom. The summed E-state index contributed by atoms with van der Waals surface area (Å²) in [6.45, 7) is 2.29. The number of nitrogens with zero attached hydrogens (tertiary/aromatic N) is 2. The second-order valence-electron chi connectivity index (χ2n) is 7.81. The van der Waals surface area contributed by atoms with Crippen LogP contribution in [0.2, 0.25) is 0 Å². The summed E-state index contributed by atoms with van der Waals surface area (Å²) in [6.07, 6.45) is 8.63. The Balaban J connectivity index is 1.67. The number of carbonyl (C=O) groups is 1. The van der Waals surface area contributed by atoms with Crippen LogP contribution in [0.15, 0.2) is 35.3 Å². The molecule has 0 spiro atoms. The number of aromatic nitrogens is 2. The summed E-state index contributed by atoms with van der Waals surface area (Å²) < 4.78 is 0. The maximum atomic E-state index is 13.5. The molecule has 1 saturated heterocycles. The summed E-state index contributed by atoms with van der Waals surface area (Å²) in [5, 5.41) is 3.41. The van der Waals surface area contributed by atoms with Crippen molar-refractivity contribution in [2.75, 3.05) is 13.1 Å². The zero-order valence-corrected chi connectivity index (χ0v) is 16.2. The molecule has 2 aromatic rings. The predicted octanol–water partition coefficient (Wildman–Crippen LogP) is 2.43. The highest BCUT2D eigenvalue weighted by molar-refractivity contribution is 5.94. The predicted molar refractivity (Wildman–Crippen MR) is 108 cm³/mol. The number of aromatic amines is 1. The van der Waals surface area contributed by atoms with Crippen molar-refractivity contribution in [3.63, 3.8) is 0 Å². The lowest BCUT2D eigenvalue weighted by atomic mass is 9.94. The van der Waals surface area contributed by atoms with E-state index in [2.05, 4.69) is 15.3 Å². The zero-order valence-electron chi connectivity index (χ0n) is 16.2. The molecular weight excluding hydrogens is 352 g/mol. The number of hydrogen-bond acceptors (Lipinski definition) is 4. The molecule has 1 atom stereocenters. The molecule has 0 saturated carbocycles. The number of nitrogens with one attached hydrogen (secondary N) is 2. The molecule has 148 valence electrons. The Bertz CT molecular complexity index is 870. The number of amides is 1. The topological polar surface area (TPSA) is 78.1 Å². The third kappa shape index (κ3) is 4.17. The minimum Gasteiger partial charge on any atom is -0.330 e. The summed E-state index contributed by atoms with van der Waals surface area (Å²) >= 11 is 0. The van der Waals surface area contributed by atoms with E-state index in [-0.39, 0.29) is 23.1 Å². The van der Waals surface area contributed by atoms with Gasteiger partial charge in [-0.2, -0.15) is 0 Å². The van der Waals surface area contributed by atoms with Crippen molar-refractivity contribution in [1.82, 2.24) is 20.2 Å². The number of fused-ring (bicyclic) bond motifs is 1.